The van der Waals surface area contributed by atoms with Gasteiger partial charge in [0.05, 0.1) is 19.0 Å². The van der Waals surface area contributed by atoms with E-state index < -0.39 is 0 Å². The van der Waals surface area contributed by atoms with Gasteiger partial charge in [0.25, 0.3) is 5.91 Å². The summed E-state index contributed by atoms with van der Waals surface area (Å²) in [4.78, 5) is 12.3. The molecule has 31 heavy (non-hydrogen) atoms. The Hall–Kier alpha value is -3.51. The fourth-order valence-corrected chi connectivity index (χ4v) is 3.10. The lowest BCUT2D eigenvalue weighted by molar-refractivity contribution is -0.118. The van der Waals surface area contributed by atoms with E-state index in [0.717, 1.165) is 28.1 Å². The summed E-state index contributed by atoms with van der Waals surface area (Å²) in [6.07, 6.45) is 1.65. The molecule has 0 aliphatic heterocycles. The molecule has 0 unspecified atom stereocenters. The fourth-order valence-electron chi connectivity index (χ4n) is 2.91. The summed E-state index contributed by atoms with van der Waals surface area (Å²) in [5, 5.41) is 7.69. The first kappa shape index (κ1) is 22.2. The van der Waals surface area contributed by atoms with Crippen LogP contribution in [0.3, 0.4) is 0 Å². The van der Waals surface area contributed by atoms with Gasteiger partial charge in [-0.15, -0.1) is 0 Å². The first-order chi connectivity index (χ1) is 14.9. The Morgan fingerprint density at radius 1 is 1.06 bits per heavy atom. The Morgan fingerprint density at radius 3 is 2.65 bits per heavy atom. The molecule has 1 amide bonds. The lowest BCUT2D eigenvalue weighted by Gasteiger charge is -2.12. The summed E-state index contributed by atoms with van der Waals surface area (Å²) in [6.45, 7) is 3.83. The maximum atomic E-state index is 12.3. The molecule has 7 heteroatoms. The Balaban J connectivity index is 1.59. The predicted octanol–water partition coefficient (Wildman–Crippen LogP) is 5.43. The topological polar surface area (TPSA) is 71.9 Å². The smallest absolute Gasteiger partial charge is 0.262 e. The summed E-state index contributed by atoms with van der Waals surface area (Å²) < 4.78 is 11.0. The average molecular weight is 438 g/mol. The zero-order valence-electron chi connectivity index (χ0n) is 17.6. The number of anilines is 2. The van der Waals surface area contributed by atoms with E-state index in [-0.39, 0.29) is 12.5 Å². The highest BCUT2D eigenvalue weighted by Gasteiger charge is 2.10. The number of carbonyl (C=O) groups excluding carboxylic acids is 1. The largest absolute Gasteiger partial charge is 0.493 e. The van der Waals surface area contributed by atoms with Gasteiger partial charge >= 0.3 is 0 Å². The van der Waals surface area contributed by atoms with Gasteiger partial charge in [-0.1, -0.05) is 35.4 Å². The minimum atomic E-state index is -0.245. The van der Waals surface area contributed by atoms with Crippen LogP contribution in [0, 0.1) is 13.8 Å². The number of rotatable bonds is 8. The molecule has 0 heterocycles. The molecule has 0 aliphatic rings. The summed E-state index contributed by atoms with van der Waals surface area (Å²) in [5.41, 5.74) is 7.42. The van der Waals surface area contributed by atoms with Gasteiger partial charge < -0.3 is 14.8 Å². The maximum Gasteiger partial charge on any atom is 0.262 e. The van der Waals surface area contributed by atoms with E-state index in [4.69, 9.17) is 21.1 Å². The van der Waals surface area contributed by atoms with Crippen molar-refractivity contribution in [2.75, 3.05) is 24.5 Å². The number of amides is 1. The van der Waals surface area contributed by atoms with Crippen LogP contribution in [-0.4, -0.2) is 25.8 Å². The molecule has 6 nitrogen and oxygen atoms in total. The summed E-state index contributed by atoms with van der Waals surface area (Å²) >= 11 is 5.96. The van der Waals surface area contributed by atoms with Gasteiger partial charge in [0.1, 0.15) is 0 Å². The third kappa shape index (κ3) is 6.49. The number of ether oxygens (including phenoxy) is 2. The Labute approximate surface area is 186 Å². The van der Waals surface area contributed by atoms with Crippen molar-refractivity contribution in [3.05, 3.63) is 82.4 Å². The standard InChI is InChI=1S/C24H24ClN3O3/c1-16-7-9-21(17(2)11-16)27-24(29)15-31-22-10-8-18(12-23(22)30-3)14-26-28-20-6-4-5-19(25)13-20/h4-14,28H,15H2,1-3H3,(H,27,29). The molecule has 3 rings (SSSR count). The molecule has 0 spiro atoms. The first-order valence-corrected chi connectivity index (χ1v) is 10.0. The first-order valence-electron chi connectivity index (χ1n) is 9.67. The molecule has 2 N–H and O–H groups in total. The number of hydrogen-bond acceptors (Lipinski definition) is 5. The number of hydrogen-bond donors (Lipinski definition) is 2. The lowest BCUT2D eigenvalue weighted by atomic mass is 10.1. The van der Waals surface area contributed by atoms with Crippen molar-refractivity contribution in [1.82, 2.24) is 0 Å². The molecule has 0 saturated heterocycles. The second-order valence-corrected chi connectivity index (χ2v) is 7.38. The van der Waals surface area contributed by atoms with Crippen molar-refractivity contribution in [3.63, 3.8) is 0 Å². The molecule has 0 radical (unpaired) electrons. The molecule has 0 aliphatic carbocycles. The van der Waals surface area contributed by atoms with Crippen LogP contribution in [0.4, 0.5) is 11.4 Å². The normalized spacial score (nSPS) is 10.7. The lowest BCUT2D eigenvalue weighted by Crippen LogP contribution is -2.20. The van der Waals surface area contributed by atoms with Crippen molar-refractivity contribution in [1.29, 1.82) is 0 Å². The minimum absolute atomic E-state index is 0.132. The second-order valence-electron chi connectivity index (χ2n) is 6.95. The molecular formula is C24H24ClN3O3. The van der Waals surface area contributed by atoms with Crippen LogP contribution in [0.15, 0.2) is 65.8 Å². The van der Waals surface area contributed by atoms with E-state index in [2.05, 4.69) is 15.8 Å². The van der Waals surface area contributed by atoms with Crippen molar-refractivity contribution in [3.8, 4) is 11.5 Å². The van der Waals surface area contributed by atoms with Gasteiger partial charge in [-0.3, -0.25) is 10.2 Å². The van der Waals surface area contributed by atoms with Crippen LogP contribution in [0.2, 0.25) is 5.02 Å². The molecule has 3 aromatic carbocycles. The van der Waals surface area contributed by atoms with Crippen LogP contribution in [0.1, 0.15) is 16.7 Å². The second kappa shape index (κ2) is 10.5. The number of carbonyl (C=O) groups is 1. The number of hydrazone groups is 1. The number of aryl methyl sites for hydroxylation is 2. The van der Waals surface area contributed by atoms with E-state index in [1.54, 1.807) is 37.6 Å². The van der Waals surface area contributed by atoms with Gasteiger partial charge in [0, 0.05) is 10.7 Å². The number of benzene rings is 3. The van der Waals surface area contributed by atoms with Crippen LogP contribution in [-0.2, 0) is 4.79 Å². The van der Waals surface area contributed by atoms with Crippen LogP contribution in [0.5, 0.6) is 11.5 Å². The molecule has 3 aromatic rings. The van der Waals surface area contributed by atoms with E-state index in [1.165, 1.54) is 0 Å². The Bertz CT molecular complexity index is 1100. The van der Waals surface area contributed by atoms with Gasteiger partial charge in [-0.05, 0) is 67.4 Å². The molecule has 0 atom stereocenters. The zero-order valence-corrected chi connectivity index (χ0v) is 18.4. The van der Waals surface area contributed by atoms with E-state index in [9.17, 15) is 4.79 Å². The van der Waals surface area contributed by atoms with E-state index >= 15 is 0 Å². The minimum Gasteiger partial charge on any atom is -0.493 e. The maximum absolute atomic E-state index is 12.3. The third-order valence-corrected chi connectivity index (χ3v) is 4.67. The SMILES string of the molecule is COc1cc(C=NNc2cccc(Cl)c2)ccc1OCC(=O)Nc1ccc(C)cc1C. The summed E-state index contributed by atoms with van der Waals surface area (Å²) in [6, 6.07) is 18.5. The number of nitrogens with one attached hydrogen (secondary N) is 2. The number of methoxy groups -OCH3 is 1. The molecule has 160 valence electrons. The van der Waals surface area contributed by atoms with Gasteiger partial charge in [-0.2, -0.15) is 5.10 Å². The average Bonchev–Trinajstić information content (AvgIpc) is 2.74. The van der Waals surface area contributed by atoms with Gasteiger partial charge in [0.2, 0.25) is 0 Å². The van der Waals surface area contributed by atoms with Gasteiger partial charge in [-0.25, -0.2) is 0 Å². The summed E-state index contributed by atoms with van der Waals surface area (Å²) in [7, 11) is 1.54. The molecule has 0 bridgehead atoms. The highest BCUT2D eigenvalue weighted by Crippen LogP contribution is 2.27. The van der Waals surface area contributed by atoms with Crippen LogP contribution >= 0.6 is 11.6 Å². The molecule has 0 fully saturated rings. The zero-order chi connectivity index (χ0) is 22.2. The quantitative estimate of drug-likeness (QED) is 0.364. The monoisotopic (exact) mass is 437 g/mol. The highest BCUT2D eigenvalue weighted by molar-refractivity contribution is 6.30. The van der Waals surface area contributed by atoms with Crippen molar-refractivity contribution in [2.45, 2.75) is 13.8 Å². The van der Waals surface area contributed by atoms with Gasteiger partial charge in [0.15, 0.2) is 18.1 Å². The van der Waals surface area contributed by atoms with Crippen LogP contribution in [0.25, 0.3) is 0 Å². The number of halogens is 1. The van der Waals surface area contributed by atoms with E-state index in [1.807, 2.05) is 50.2 Å². The highest BCUT2D eigenvalue weighted by atomic mass is 35.5. The molecule has 0 aromatic heterocycles. The van der Waals surface area contributed by atoms with Crippen molar-refractivity contribution < 1.29 is 14.3 Å². The molecular weight excluding hydrogens is 414 g/mol. The van der Waals surface area contributed by atoms with Crippen LogP contribution < -0.4 is 20.2 Å². The number of nitrogens with zero attached hydrogens (tertiary/aromatic N) is 1. The predicted molar refractivity (Wildman–Crippen MR) is 126 cm³/mol. The van der Waals surface area contributed by atoms with E-state index in [0.29, 0.717) is 16.5 Å². The fraction of sp³-hybridized carbons (Fsp3) is 0.167. The third-order valence-electron chi connectivity index (χ3n) is 4.43. The Morgan fingerprint density at radius 2 is 1.90 bits per heavy atom. The summed E-state index contributed by atoms with van der Waals surface area (Å²) in [5.74, 6) is 0.731. The van der Waals surface area contributed by atoms with Crippen molar-refractivity contribution >= 4 is 35.1 Å². The van der Waals surface area contributed by atoms with Crippen molar-refractivity contribution in [2.24, 2.45) is 5.10 Å². The Kier molecular flexibility index (Phi) is 7.51. The molecule has 0 saturated carbocycles.